The van der Waals surface area contributed by atoms with E-state index in [1.165, 1.54) is 0 Å². The third-order valence-corrected chi connectivity index (χ3v) is 3.33. The monoisotopic (exact) mass is 320 g/mol. The highest BCUT2D eigenvalue weighted by Crippen LogP contribution is 2.15. The first-order chi connectivity index (χ1) is 9.43. The predicted octanol–water partition coefficient (Wildman–Crippen LogP) is 1.11. The lowest BCUT2D eigenvalue weighted by Crippen LogP contribution is -2.33. The van der Waals surface area contributed by atoms with E-state index < -0.39 is 0 Å². The van der Waals surface area contributed by atoms with Gasteiger partial charge in [0.05, 0.1) is 6.54 Å². The molecule has 7 heteroatoms. The van der Waals surface area contributed by atoms with Gasteiger partial charge in [0.1, 0.15) is 6.61 Å². The van der Waals surface area contributed by atoms with Crippen LogP contribution in [-0.2, 0) is 19.1 Å². The van der Waals surface area contributed by atoms with Crippen LogP contribution in [0.1, 0.15) is 39.5 Å². The Morgan fingerprint density at radius 2 is 1.86 bits per heavy atom. The van der Waals surface area contributed by atoms with Crippen molar-refractivity contribution in [3.8, 4) is 0 Å². The minimum atomic E-state index is -0.319. The van der Waals surface area contributed by atoms with Crippen molar-refractivity contribution in [2.45, 2.75) is 39.5 Å². The minimum Gasteiger partial charge on any atom is -0.464 e. The van der Waals surface area contributed by atoms with Gasteiger partial charge >= 0.3 is 5.97 Å². The Kier molecular flexibility index (Phi) is 9.21. The fraction of sp³-hybridized carbons (Fsp3) is 0.786. The number of rotatable bonds is 8. The highest BCUT2D eigenvalue weighted by Gasteiger charge is 2.28. The van der Waals surface area contributed by atoms with E-state index >= 15 is 0 Å². The summed E-state index contributed by atoms with van der Waals surface area (Å²) in [5.41, 5.74) is 5.63. The molecule has 0 spiro atoms. The summed E-state index contributed by atoms with van der Waals surface area (Å²) in [5.74, 6) is -0.0923. The molecule has 0 aliphatic carbocycles. The molecule has 1 aliphatic rings. The maximum Gasteiger partial charge on any atom is 0.306 e. The normalized spacial score (nSPS) is 16.1. The Hall–Kier alpha value is -1.14. The molecule has 1 saturated heterocycles. The lowest BCUT2D eigenvalue weighted by Gasteiger charge is -2.17. The first kappa shape index (κ1) is 19.9. The number of ether oxygens (including phenoxy) is 1. The van der Waals surface area contributed by atoms with Crippen LogP contribution >= 0.6 is 12.4 Å². The Balaban J connectivity index is 0.00000400. The Morgan fingerprint density at radius 1 is 1.29 bits per heavy atom. The average Bonchev–Trinajstić information content (AvgIpc) is 2.69. The Bertz CT molecular complexity index is 358. The zero-order valence-electron chi connectivity index (χ0n) is 12.7. The zero-order chi connectivity index (χ0) is 15.1. The zero-order valence-corrected chi connectivity index (χ0v) is 13.5. The van der Waals surface area contributed by atoms with E-state index in [9.17, 15) is 14.4 Å². The molecule has 2 N–H and O–H groups in total. The highest BCUT2D eigenvalue weighted by atomic mass is 35.5. The van der Waals surface area contributed by atoms with E-state index in [2.05, 4.69) is 13.8 Å². The Labute approximate surface area is 131 Å². The van der Waals surface area contributed by atoms with E-state index in [1.54, 1.807) is 0 Å². The first-order valence-corrected chi connectivity index (χ1v) is 7.13. The molecular formula is C14H25ClN2O4. The van der Waals surface area contributed by atoms with Crippen molar-refractivity contribution < 1.29 is 19.1 Å². The molecule has 0 aromatic carbocycles. The number of halogens is 1. The summed E-state index contributed by atoms with van der Waals surface area (Å²) in [4.78, 5) is 35.5. The van der Waals surface area contributed by atoms with Crippen molar-refractivity contribution in [3.05, 3.63) is 0 Å². The highest BCUT2D eigenvalue weighted by molar-refractivity contribution is 6.01. The number of hydrogen-bond donors (Lipinski definition) is 1. The molecule has 1 heterocycles. The van der Waals surface area contributed by atoms with Crippen LogP contribution in [0.2, 0.25) is 0 Å². The van der Waals surface area contributed by atoms with E-state index in [0.717, 1.165) is 11.3 Å². The van der Waals surface area contributed by atoms with Crippen LogP contribution < -0.4 is 5.73 Å². The molecule has 1 rings (SSSR count). The fourth-order valence-corrected chi connectivity index (χ4v) is 2.35. The van der Waals surface area contributed by atoms with Gasteiger partial charge in [-0.05, 0) is 24.8 Å². The first-order valence-electron chi connectivity index (χ1n) is 7.13. The van der Waals surface area contributed by atoms with E-state index in [4.69, 9.17) is 10.5 Å². The topological polar surface area (TPSA) is 89.7 Å². The maximum atomic E-state index is 11.7. The minimum absolute atomic E-state index is 0. The fourth-order valence-electron chi connectivity index (χ4n) is 2.35. The molecule has 21 heavy (non-hydrogen) atoms. The molecule has 1 aliphatic heterocycles. The molecule has 0 radical (unpaired) electrons. The molecule has 1 atom stereocenters. The van der Waals surface area contributed by atoms with Crippen molar-refractivity contribution in [2.24, 2.45) is 17.6 Å². The molecule has 0 bridgehead atoms. The van der Waals surface area contributed by atoms with Crippen LogP contribution in [0.15, 0.2) is 0 Å². The van der Waals surface area contributed by atoms with E-state index in [1.807, 2.05) is 0 Å². The van der Waals surface area contributed by atoms with Crippen LogP contribution in [-0.4, -0.2) is 42.4 Å². The lowest BCUT2D eigenvalue weighted by atomic mass is 9.94. The van der Waals surface area contributed by atoms with Crippen LogP contribution in [0.3, 0.4) is 0 Å². The van der Waals surface area contributed by atoms with Crippen molar-refractivity contribution in [1.29, 1.82) is 0 Å². The maximum absolute atomic E-state index is 11.7. The second kappa shape index (κ2) is 9.73. The second-order valence-corrected chi connectivity index (χ2v) is 5.59. The summed E-state index contributed by atoms with van der Waals surface area (Å²) < 4.78 is 5.07. The van der Waals surface area contributed by atoms with Gasteiger partial charge < -0.3 is 10.5 Å². The lowest BCUT2D eigenvalue weighted by molar-refractivity contribution is -0.148. The smallest absolute Gasteiger partial charge is 0.306 e. The van der Waals surface area contributed by atoms with Crippen molar-refractivity contribution >= 4 is 30.2 Å². The largest absolute Gasteiger partial charge is 0.464 e. The Morgan fingerprint density at radius 3 is 2.33 bits per heavy atom. The molecule has 1 fully saturated rings. The quantitative estimate of drug-likeness (QED) is 0.534. The number of nitrogens with zero attached hydrogens (tertiary/aromatic N) is 1. The number of imide groups is 1. The second-order valence-electron chi connectivity index (χ2n) is 5.59. The van der Waals surface area contributed by atoms with Gasteiger partial charge in [-0.3, -0.25) is 19.3 Å². The van der Waals surface area contributed by atoms with Crippen LogP contribution in [0, 0.1) is 11.8 Å². The van der Waals surface area contributed by atoms with Gasteiger partial charge in [0.25, 0.3) is 0 Å². The van der Waals surface area contributed by atoms with Crippen molar-refractivity contribution in [1.82, 2.24) is 4.90 Å². The summed E-state index contributed by atoms with van der Waals surface area (Å²) in [6.07, 6.45) is 1.69. The third kappa shape index (κ3) is 6.91. The van der Waals surface area contributed by atoms with Gasteiger partial charge in [-0.25, -0.2) is 0 Å². The number of hydrogen-bond acceptors (Lipinski definition) is 5. The number of likely N-dealkylation sites (tertiary alicyclic amines) is 1. The van der Waals surface area contributed by atoms with Gasteiger partial charge in [-0.1, -0.05) is 13.8 Å². The van der Waals surface area contributed by atoms with Gasteiger partial charge in [0, 0.05) is 19.3 Å². The summed E-state index contributed by atoms with van der Waals surface area (Å²) in [5, 5.41) is 0. The SMILES string of the molecule is CC(C)C[C@H](CN)CC(=O)OCCN1C(=O)CCC1=O.Cl. The number of carbonyl (C=O) groups is 3. The van der Waals surface area contributed by atoms with Gasteiger partial charge in [-0.2, -0.15) is 0 Å². The van der Waals surface area contributed by atoms with Gasteiger partial charge in [-0.15, -0.1) is 12.4 Å². The number of nitrogens with two attached hydrogens (primary N) is 1. The van der Waals surface area contributed by atoms with Crippen LogP contribution in [0.5, 0.6) is 0 Å². The molecule has 0 aromatic rings. The van der Waals surface area contributed by atoms with Crippen molar-refractivity contribution in [2.75, 3.05) is 19.7 Å². The number of carbonyl (C=O) groups excluding carboxylic acids is 3. The van der Waals surface area contributed by atoms with E-state index in [-0.39, 0.29) is 68.5 Å². The molecule has 0 aromatic heterocycles. The molecular weight excluding hydrogens is 296 g/mol. The van der Waals surface area contributed by atoms with Gasteiger partial charge in [0.15, 0.2) is 0 Å². The molecule has 6 nitrogen and oxygen atoms in total. The van der Waals surface area contributed by atoms with Crippen molar-refractivity contribution in [3.63, 3.8) is 0 Å². The van der Waals surface area contributed by atoms with Crippen LogP contribution in [0.4, 0.5) is 0 Å². The summed E-state index contributed by atoms with van der Waals surface area (Å²) in [6.45, 7) is 4.84. The average molecular weight is 321 g/mol. The van der Waals surface area contributed by atoms with Crippen LogP contribution in [0.25, 0.3) is 0 Å². The summed E-state index contributed by atoms with van der Waals surface area (Å²) >= 11 is 0. The standard InChI is InChI=1S/C14H24N2O4.ClH/c1-10(2)7-11(9-15)8-14(19)20-6-5-16-12(17)3-4-13(16)18;/h10-11H,3-9,15H2,1-2H3;1H/t11-;/m0./s1. The summed E-state index contributed by atoms with van der Waals surface area (Å²) in [7, 11) is 0. The number of esters is 1. The predicted molar refractivity (Wildman–Crippen MR) is 80.8 cm³/mol. The van der Waals surface area contributed by atoms with Gasteiger partial charge in [0.2, 0.25) is 11.8 Å². The molecule has 2 amide bonds. The third-order valence-electron chi connectivity index (χ3n) is 3.33. The molecule has 0 unspecified atom stereocenters. The number of amides is 2. The van der Waals surface area contributed by atoms with E-state index in [0.29, 0.717) is 12.5 Å². The summed E-state index contributed by atoms with van der Waals surface area (Å²) in [6, 6.07) is 0. The molecule has 0 saturated carbocycles. The molecule has 122 valence electrons.